The highest BCUT2D eigenvalue weighted by Gasteiger charge is 2.21. The van der Waals surface area contributed by atoms with Crippen LogP contribution in [0, 0.1) is 36.5 Å². The molecule has 0 fully saturated rings. The van der Waals surface area contributed by atoms with Gasteiger partial charge in [0.25, 0.3) is 0 Å². The van der Waals surface area contributed by atoms with Crippen molar-refractivity contribution < 1.29 is 18.9 Å². The van der Waals surface area contributed by atoms with E-state index in [-0.39, 0.29) is 11.1 Å². The standard InChI is InChI=1S/C15H23N3.2C10H10O2/c1-14(2,3)16-10-12-8-7-9-13(18-12)11-17-15(4,5)6;1-2-8-4-12-6-10(8)9-5-11-3-7(1)9;1-3-7-11-9-5-6-10-12-8-4-2/h7-11H,1-6H3;1-2H,3-6H2;1-2H,7-10H2. The highest BCUT2D eigenvalue weighted by molar-refractivity contribution is 5.82. The summed E-state index contributed by atoms with van der Waals surface area (Å²) in [4.78, 5) is 13.4. The minimum Gasteiger partial charge on any atom is -0.372 e. The number of rotatable bonds is 6. The maximum atomic E-state index is 5.38. The molecule has 7 nitrogen and oxygen atoms in total. The summed E-state index contributed by atoms with van der Waals surface area (Å²) in [5, 5.41) is 0. The number of aliphatic imine (C=N–C) groups is 2. The topological polar surface area (TPSA) is 74.5 Å². The molecule has 0 N–H and O–H groups in total. The molecular formula is C35H43N3O4. The molecule has 0 amide bonds. The summed E-state index contributed by atoms with van der Waals surface area (Å²) in [6.45, 7) is 16.8. The number of ether oxygens (including phenoxy) is 4. The molecule has 0 saturated heterocycles. The van der Waals surface area contributed by atoms with Crippen molar-refractivity contribution in [2.75, 3.05) is 26.4 Å². The Hall–Kier alpha value is -3.77. The zero-order valence-corrected chi connectivity index (χ0v) is 25.8. The maximum Gasteiger partial charge on any atom is 0.109 e. The van der Waals surface area contributed by atoms with Gasteiger partial charge in [0.05, 0.1) is 48.9 Å². The Morgan fingerprint density at radius 1 is 0.714 bits per heavy atom. The molecule has 4 rings (SSSR count). The van der Waals surface area contributed by atoms with Crippen LogP contribution in [0.2, 0.25) is 0 Å². The van der Waals surface area contributed by atoms with Gasteiger partial charge in [0.1, 0.15) is 26.4 Å². The van der Waals surface area contributed by atoms with Gasteiger partial charge in [0, 0.05) is 12.4 Å². The first kappa shape index (κ1) is 34.4. The van der Waals surface area contributed by atoms with E-state index < -0.39 is 0 Å². The molecule has 222 valence electrons. The molecule has 7 heteroatoms. The molecule has 0 saturated carbocycles. The lowest BCUT2D eigenvalue weighted by Crippen LogP contribution is -2.11. The van der Waals surface area contributed by atoms with E-state index in [0.29, 0.717) is 26.4 Å². The number of fused-ring (bicyclic) bond motifs is 3. The molecular weight excluding hydrogens is 526 g/mol. The molecule has 2 aliphatic heterocycles. The van der Waals surface area contributed by atoms with E-state index in [2.05, 4.69) is 92.3 Å². The van der Waals surface area contributed by atoms with Gasteiger partial charge in [-0.1, -0.05) is 41.9 Å². The maximum absolute atomic E-state index is 5.38. The summed E-state index contributed by atoms with van der Waals surface area (Å²) in [5.41, 5.74) is 7.04. The van der Waals surface area contributed by atoms with Crippen molar-refractivity contribution in [3.63, 3.8) is 0 Å². The van der Waals surface area contributed by atoms with Crippen LogP contribution in [0.25, 0.3) is 0 Å². The van der Waals surface area contributed by atoms with Crippen LogP contribution in [0.4, 0.5) is 0 Å². The fraction of sp³-hybridized carbons (Fsp3) is 0.457. The molecule has 0 bridgehead atoms. The first-order valence-corrected chi connectivity index (χ1v) is 13.9. The van der Waals surface area contributed by atoms with E-state index in [1.807, 2.05) is 30.6 Å². The second-order valence-corrected chi connectivity index (χ2v) is 11.4. The Morgan fingerprint density at radius 2 is 1.14 bits per heavy atom. The molecule has 0 aliphatic carbocycles. The fourth-order valence-electron chi connectivity index (χ4n) is 3.50. The summed E-state index contributed by atoms with van der Waals surface area (Å²) in [6.07, 6.45) is 13.5. The summed E-state index contributed by atoms with van der Waals surface area (Å²) >= 11 is 0. The number of nitrogens with zero attached hydrogens (tertiary/aromatic N) is 3. The zero-order valence-electron chi connectivity index (χ0n) is 25.8. The summed E-state index contributed by atoms with van der Waals surface area (Å²) in [6, 6.07) is 10.2. The Labute approximate surface area is 252 Å². The molecule has 2 aliphatic rings. The molecule has 42 heavy (non-hydrogen) atoms. The highest BCUT2D eigenvalue weighted by Crippen LogP contribution is 2.30. The summed E-state index contributed by atoms with van der Waals surface area (Å²) in [5.74, 6) is 10.1. The summed E-state index contributed by atoms with van der Waals surface area (Å²) < 4.78 is 20.5. The van der Waals surface area contributed by atoms with E-state index in [0.717, 1.165) is 37.8 Å². The van der Waals surface area contributed by atoms with Crippen LogP contribution >= 0.6 is 0 Å². The van der Waals surface area contributed by atoms with Crippen LogP contribution < -0.4 is 0 Å². The smallest absolute Gasteiger partial charge is 0.109 e. The summed E-state index contributed by atoms with van der Waals surface area (Å²) in [7, 11) is 0. The van der Waals surface area contributed by atoms with Crippen LogP contribution in [-0.4, -0.2) is 54.9 Å². The minimum absolute atomic E-state index is 0.0722. The zero-order chi connectivity index (χ0) is 30.8. The van der Waals surface area contributed by atoms with Gasteiger partial charge in [-0.25, -0.2) is 4.98 Å². The minimum atomic E-state index is -0.0722. The fourth-order valence-corrected chi connectivity index (χ4v) is 3.50. The predicted molar refractivity (Wildman–Crippen MR) is 169 cm³/mol. The van der Waals surface area contributed by atoms with Gasteiger partial charge in [-0.2, -0.15) is 0 Å². The third-order valence-corrected chi connectivity index (χ3v) is 5.44. The number of hydrogen-bond donors (Lipinski definition) is 0. The first-order chi connectivity index (χ1) is 20.0. The predicted octanol–water partition coefficient (Wildman–Crippen LogP) is 5.55. The normalized spacial score (nSPS) is 13.5. The van der Waals surface area contributed by atoms with Crippen molar-refractivity contribution in [3.05, 3.63) is 64.0 Å². The molecule has 1 aromatic carbocycles. The first-order valence-electron chi connectivity index (χ1n) is 13.9. The van der Waals surface area contributed by atoms with Crippen molar-refractivity contribution >= 4 is 12.4 Å². The Kier molecular flexibility index (Phi) is 14.7. The number of aromatic nitrogens is 1. The Bertz CT molecular complexity index is 1240. The van der Waals surface area contributed by atoms with Crippen molar-refractivity contribution in [1.82, 2.24) is 4.98 Å². The van der Waals surface area contributed by atoms with E-state index in [1.165, 1.54) is 22.3 Å². The van der Waals surface area contributed by atoms with Crippen molar-refractivity contribution in [3.8, 4) is 36.5 Å². The van der Waals surface area contributed by atoms with Crippen LogP contribution in [0.1, 0.15) is 75.2 Å². The lowest BCUT2D eigenvalue weighted by Gasteiger charge is -2.11. The van der Waals surface area contributed by atoms with Gasteiger partial charge < -0.3 is 18.9 Å². The molecule has 0 spiro atoms. The lowest BCUT2D eigenvalue weighted by atomic mass is 10.0. The van der Waals surface area contributed by atoms with Gasteiger partial charge in [-0.05, 0) is 75.9 Å². The van der Waals surface area contributed by atoms with Gasteiger partial charge in [-0.3, -0.25) is 9.98 Å². The highest BCUT2D eigenvalue weighted by atomic mass is 16.5. The van der Waals surface area contributed by atoms with Crippen LogP contribution in [0.5, 0.6) is 0 Å². The van der Waals surface area contributed by atoms with Crippen LogP contribution in [-0.2, 0) is 45.4 Å². The Balaban J connectivity index is 0.000000227. The van der Waals surface area contributed by atoms with Gasteiger partial charge in [-0.15, -0.1) is 12.8 Å². The van der Waals surface area contributed by atoms with Crippen molar-refractivity contribution in [2.24, 2.45) is 9.98 Å². The largest absolute Gasteiger partial charge is 0.372 e. The van der Waals surface area contributed by atoms with Gasteiger partial charge >= 0.3 is 0 Å². The molecule has 0 radical (unpaired) electrons. The number of hydrogen-bond acceptors (Lipinski definition) is 7. The molecule has 0 unspecified atom stereocenters. The molecule has 1 aromatic heterocycles. The van der Waals surface area contributed by atoms with Crippen LogP contribution in [0.3, 0.4) is 0 Å². The second-order valence-electron chi connectivity index (χ2n) is 11.4. The van der Waals surface area contributed by atoms with Crippen LogP contribution in [0.15, 0.2) is 40.3 Å². The third kappa shape index (κ3) is 14.2. The Morgan fingerprint density at radius 3 is 1.52 bits per heavy atom. The third-order valence-electron chi connectivity index (χ3n) is 5.44. The number of pyridine rings is 1. The van der Waals surface area contributed by atoms with E-state index in [4.69, 9.17) is 31.8 Å². The van der Waals surface area contributed by atoms with Crippen molar-refractivity contribution in [2.45, 2.75) is 79.0 Å². The van der Waals surface area contributed by atoms with E-state index in [1.54, 1.807) is 0 Å². The molecule has 0 atom stereocenters. The molecule has 2 aromatic rings. The van der Waals surface area contributed by atoms with E-state index in [9.17, 15) is 0 Å². The van der Waals surface area contributed by atoms with Gasteiger partial charge in [0.2, 0.25) is 0 Å². The average Bonchev–Trinajstić information content (AvgIpc) is 3.62. The molecule has 3 heterocycles. The number of benzene rings is 1. The second kappa shape index (κ2) is 17.9. The monoisotopic (exact) mass is 569 g/mol. The SMILES string of the molecule is C#CCOCC#CCOCC#C.CC(C)(C)N=Cc1cccc(C=NC(C)(C)C)n1.c1cc2c(c3c1COC3)COC2. The lowest BCUT2D eigenvalue weighted by molar-refractivity contribution is 0.126. The van der Waals surface area contributed by atoms with E-state index >= 15 is 0 Å². The van der Waals surface area contributed by atoms with Crippen molar-refractivity contribution in [1.29, 1.82) is 0 Å². The number of terminal acetylenes is 2. The quantitative estimate of drug-likeness (QED) is 0.259. The average molecular weight is 570 g/mol. The van der Waals surface area contributed by atoms with Gasteiger partial charge in [0.15, 0.2) is 0 Å².